The Labute approximate surface area is 129 Å². The summed E-state index contributed by atoms with van der Waals surface area (Å²) >= 11 is 3.20. The molecule has 0 aliphatic heterocycles. The topological polar surface area (TPSA) is 88.6 Å². The normalized spacial score (nSPS) is 10.6. The van der Waals surface area contributed by atoms with Gasteiger partial charge in [-0.15, -0.1) is 0 Å². The van der Waals surface area contributed by atoms with E-state index in [0.717, 1.165) is 0 Å². The minimum absolute atomic E-state index is 0.296. The number of amides is 1. The van der Waals surface area contributed by atoms with Crippen LogP contribution in [-0.2, 0) is 0 Å². The number of hydrazone groups is 1. The first-order valence-corrected chi connectivity index (χ1v) is 6.69. The van der Waals surface area contributed by atoms with Crippen LogP contribution in [0.15, 0.2) is 34.0 Å². The number of hydrogen-bond donors (Lipinski definition) is 2. The molecule has 0 fully saturated rings. The molecule has 1 aromatic carbocycles. The summed E-state index contributed by atoms with van der Waals surface area (Å²) in [5.74, 6) is 0.883. The molecular formula is C13H13BrN4O3. The molecule has 0 saturated carbocycles. The Morgan fingerprint density at radius 1 is 1.43 bits per heavy atom. The van der Waals surface area contributed by atoms with E-state index in [0.29, 0.717) is 27.2 Å². The first-order chi connectivity index (χ1) is 10.2. The molecule has 0 saturated heterocycles. The Morgan fingerprint density at radius 3 is 2.86 bits per heavy atom. The van der Waals surface area contributed by atoms with Crippen molar-refractivity contribution in [3.8, 4) is 11.5 Å². The molecule has 1 heterocycles. The molecule has 0 spiro atoms. The van der Waals surface area contributed by atoms with Crippen LogP contribution in [0.4, 0.5) is 0 Å². The van der Waals surface area contributed by atoms with Crippen molar-refractivity contribution in [1.29, 1.82) is 0 Å². The highest BCUT2D eigenvalue weighted by atomic mass is 79.9. The first kappa shape index (κ1) is 15.0. The number of rotatable bonds is 5. The zero-order valence-corrected chi connectivity index (χ0v) is 13.0. The smallest absolute Gasteiger partial charge is 0.290 e. The maximum atomic E-state index is 11.8. The molecule has 2 aromatic rings. The first-order valence-electron chi connectivity index (χ1n) is 5.90. The summed E-state index contributed by atoms with van der Waals surface area (Å²) in [4.78, 5) is 11.8. The molecule has 1 aromatic heterocycles. The number of benzene rings is 1. The number of ether oxygens (including phenoxy) is 2. The number of aromatic amines is 1. The van der Waals surface area contributed by atoms with Crippen LogP contribution in [-0.4, -0.2) is 36.5 Å². The number of carbonyl (C=O) groups excluding carboxylic acids is 1. The summed E-state index contributed by atoms with van der Waals surface area (Å²) in [5.41, 5.74) is 3.37. The van der Waals surface area contributed by atoms with E-state index in [1.165, 1.54) is 12.4 Å². The third kappa shape index (κ3) is 3.60. The van der Waals surface area contributed by atoms with Gasteiger partial charge >= 0.3 is 0 Å². The largest absolute Gasteiger partial charge is 0.497 e. The van der Waals surface area contributed by atoms with Crippen LogP contribution in [0.1, 0.15) is 16.1 Å². The quantitative estimate of drug-likeness (QED) is 0.635. The standard InChI is InChI=1S/C13H13BrN4O3/c1-20-9-3-4-11(21-2)8(5-9)6-15-18-13(19)12-10(14)7-16-17-12/h3-7H,1-2H3,(H,16,17)(H,18,19)/b15-6+. The van der Waals surface area contributed by atoms with Gasteiger partial charge in [0, 0.05) is 5.56 Å². The Kier molecular flexibility index (Phi) is 4.94. The van der Waals surface area contributed by atoms with Crippen LogP contribution in [0.2, 0.25) is 0 Å². The van der Waals surface area contributed by atoms with Crippen LogP contribution in [0.5, 0.6) is 11.5 Å². The monoisotopic (exact) mass is 352 g/mol. The molecule has 0 bridgehead atoms. The van der Waals surface area contributed by atoms with Crippen LogP contribution in [0.3, 0.4) is 0 Å². The van der Waals surface area contributed by atoms with E-state index in [-0.39, 0.29) is 0 Å². The maximum absolute atomic E-state index is 11.8. The summed E-state index contributed by atoms with van der Waals surface area (Å²) < 4.78 is 10.9. The molecule has 2 rings (SSSR count). The molecule has 0 atom stereocenters. The minimum atomic E-state index is -0.405. The van der Waals surface area contributed by atoms with Gasteiger partial charge in [-0.05, 0) is 34.1 Å². The lowest BCUT2D eigenvalue weighted by Gasteiger charge is -2.06. The lowest BCUT2D eigenvalue weighted by molar-refractivity contribution is 0.0949. The van der Waals surface area contributed by atoms with Crippen molar-refractivity contribution in [3.63, 3.8) is 0 Å². The minimum Gasteiger partial charge on any atom is -0.497 e. The zero-order chi connectivity index (χ0) is 15.2. The molecule has 1 amide bonds. The number of aromatic nitrogens is 2. The number of H-pyrrole nitrogens is 1. The third-order valence-electron chi connectivity index (χ3n) is 2.63. The van der Waals surface area contributed by atoms with Crippen molar-refractivity contribution < 1.29 is 14.3 Å². The lowest BCUT2D eigenvalue weighted by Crippen LogP contribution is -2.18. The van der Waals surface area contributed by atoms with Crippen molar-refractivity contribution in [2.45, 2.75) is 0 Å². The van der Waals surface area contributed by atoms with E-state index >= 15 is 0 Å². The predicted octanol–water partition coefficient (Wildman–Crippen LogP) is 1.95. The van der Waals surface area contributed by atoms with Gasteiger partial charge in [0.15, 0.2) is 0 Å². The average Bonchev–Trinajstić information content (AvgIpc) is 2.93. The summed E-state index contributed by atoms with van der Waals surface area (Å²) in [7, 11) is 3.12. The Morgan fingerprint density at radius 2 is 2.24 bits per heavy atom. The van der Waals surface area contributed by atoms with Crippen LogP contribution in [0.25, 0.3) is 0 Å². The summed E-state index contributed by atoms with van der Waals surface area (Å²) in [5, 5.41) is 10.2. The predicted molar refractivity (Wildman–Crippen MR) is 80.9 cm³/mol. The van der Waals surface area contributed by atoms with Gasteiger partial charge in [0.25, 0.3) is 5.91 Å². The fourth-order valence-corrected chi connectivity index (χ4v) is 1.96. The number of carbonyl (C=O) groups is 1. The van der Waals surface area contributed by atoms with Gasteiger partial charge in [0.2, 0.25) is 0 Å². The summed E-state index contributed by atoms with van der Waals surface area (Å²) in [6, 6.07) is 5.28. The molecular weight excluding hydrogens is 340 g/mol. The van der Waals surface area contributed by atoms with E-state index in [1.807, 2.05) is 0 Å². The average molecular weight is 353 g/mol. The second kappa shape index (κ2) is 6.89. The molecule has 0 aliphatic rings. The molecule has 0 radical (unpaired) electrons. The van der Waals surface area contributed by atoms with Gasteiger partial charge in [-0.1, -0.05) is 0 Å². The highest BCUT2D eigenvalue weighted by molar-refractivity contribution is 9.10. The second-order valence-corrected chi connectivity index (χ2v) is 4.75. The maximum Gasteiger partial charge on any atom is 0.290 e. The number of nitrogens with zero attached hydrogens (tertiary/aromatic N) is 2. The van der Waals surface area contributed by atoms with E-state index in [1.54, 1.807) is 32.4 Å². The molecule has 0 aliphatic carbocycles. The molecule has 2 N–H and O–H groups in total. The van der Waals surface area contributed by atoms with Crippen molar-refractivity contribution in [1.82, 2.24) is 15.6 Å². The summed E-state index contributed by atoms with van der Waals surface area (Å²) in [6.07, 6.45) is 2.97. The number of hydrogen-bond acceptors (Lipinski definition) is 5. The fourth-order valence-electron chi connectivity index (χ4n) is 1.59. The molecule has 7 nitrogen and oxygen atoms in total. The van der Waals surface area contributed by atoms with Crippen molar-refractivity contribution in [3.05, 3.63) is 40.1 Å². The van der Waals surface area contributed by atoms with Gasteiger partial charge in [-0.3, -0.25) is 9.89 Å². The zero-order valence-electron chi connectivity index (χ0n) is 11.4. The summed E-state index contributed by atoms with van der Waals surface area (Å²) in [6.45, 7) is 0. The highest BCUT2D eigenvalue weighted by Gasteiger charge is 2.10. The van der Waals surface area contributed by atoms with Gasteiger partial charge in [0.05, 0.1) is 31.1 Å². The van der Waals surface area contributed by atoms with Crippen molar-refractivity contribution in [2.75, 3.05) is 14.2 Å². The van der Waals surface area contributed by atoms with Gasteiger partial charge in [0.1, 0.15) is 17.2 Å². The molecule has 21 heavy (non-hydrogen) atoms. The van der Waals surface area contributed by atoms with Crippen LogP contribution < -0.4 is 14.9 Å². The van der Waals surface area contributed by atoms with Gasteiger partial charge in [-0.2, -0.15) is 10.2 Å². The Hall–Kier alpha value is -2.35. The van der Waals surface area contributed by atoms with Gasteiger partial charge < -0.3 is 9.47 Å². The van der Waals surface area contributed by atoms with E-state index in [4.69, 9.17) is 9.47 Å². The Bertz CT molecular complexity index is 669. The number of methoxy groups -OCH3 is 2. The van der Waals surface area contributed by atoms with E-state index < -0.39 is 5.91 Å². The fraction of sp³-hybridized carbons (Fsp3) is 0.154. The van der Waals surface area contributed by atoms with Crippen molar-refractivity contribution >= 4 is 28.1 Å². The number of nitrogens with one attached hydrogen (secondary N) is 2. The molecule has 0 unspecified atom stereocenters. The van der Waals surface area contributed by atoms with Crippen LogP contribution >= 0.6 is 15.9 Å². The third-order valence-corrected chi connectivity index (χ3v) is 3.23. The molecule has 110 valence electrons. The molecule has 8 heteroatoms. The number of halogens is 1. The lowest BCUT2D eigenvalue weighted by atomic mass is 10.2. The van der Waals surface area contributed by atoms with Gasteiger partial charge in [-0.25, -0.2) is 5.43 Å². The van der Waals surface area contributed by atoms with E-state index in [9.17, 15) is 4.79 Å². The second-order valence-electron chi connectivity index (χ2n) is 3.90. The van der Waals surface area contributed by atoms with Crippen LogP contribution in [0, 0.1) is 0 Å². The highest BCUT2D eigenvalue weighted by Crippen LogP contribution is 2.22. The SMILES string of the molecule is COc1ccc(OC)c(/C=N/NC(=O)c2[nH]ncc2Br)c1. The van der Waals surface area contributed by atoms with Crippen molar-refractivity contribution in [2.24, 2.45) is 5.10 Å². The van der Waals surface area contributed by atoms with E-state index in [2.05, 4.69) is 36.7 Å². The Balaban J connectivity index is 2.11.